The molecule has 0 saturated carbocycles. The number of hydrogen-bond acceptors (Lipinski definition) is 3. The third kappa shape index (κ3) is 5.05. The molecule has 0 saturated heterocycles. The molecule has 0 radical (unpaired) electrons. The minimum Gasteiger partial charge on any atom is -0.351 e. The molecule has 0 aliphatic carbocycles. The zero-order valence-electron chi connectivity index (χ0n) is 18.5. The second-order valence-corrected chi connectivity index (χ2v) is 7.90. The van der Waals surface area contributed by atoms with E-state index in [0.29, 0.717) is 5.69 Å². The van der Waals surface area contributed by atoms with E-state index in [2.05, 4.69) is 5.32 Å². The Hall–Kier alpha value is -4.63. The highest BCUT2D eigenvalue weighted by Gasteiger charge is 2.30. The van der Waals surface area contributed by atoms with Gasteiger partial charge in [0.1, 0.15) is 12.6 Å². The van der Waals surface area contributed by atoms with Gasteiger partial charge >= 0.3 is 6.03 Å². The number of urea groups is 1. The maximum Gasteiger partial charge on any atom is 0.320 e. The maximum absolute atomic E-state index is 13.1. The van der Waals surface area contributed by atoms with Crippen LogP contribution in [-0.2, 0) is 11.2 Å². The van der Waals surface area contributed by atoms with Crippen molar-refractivity contribution in [2.45, 2.75) is 12.5 Å². The van der Waals surface area contributed by atoms with E-state index in [-0.39, 0.29) is 13.0 Å². The molecule has 4 rings (SSSR count). The van der Waals surface area contributed by atoms with E-state index in [9.17, 15) is 9.59 Å². The van der Waals surface area contributed by atoms with Gasteiger partial charge in [0.25, 0.3) is 0 Å². The monoisotopic (exact) mass is 448 g/mol. The predicted molar refractivity (Wildman–Crippen MR) is 134 cm³/mol. The molecule has 6 heteroatoms. The third-order valence-corrected chi connectivity index (χ3v) is 5.67. The van der Waals surface area contributed by atoms with Crippen molar-refractivity contribution in [3.8, 4) is 17.2 Å². The first-order chi connectivity index (χ1) is 16.6. The van der Waals surface area contributed by atoms with Crippen molar-refractivity contribution in [2.24, 2.45) is 5.73 Å². The SMILES string of the molecule is N#CCNC(=O)C(Cc1ccc2ccccc2c1)N(C(N)=O)c1cccc(-c2ccccc2)c1. The highest BCUT2D eigenvalue weighted by Crippen LogP contribution is 2.27. The molecule has 3 amide bonds. The topological polar surface area (TPSA) is 99.2 Å². The molecule has 0 spiro atoms. The van der Waals surface area contributed by atoms with Crippen LogP contribution in [0, 0.1) is 11.3 Å². The molecule has 4 aromatic rings. The number of benzene rings is 4. The molecule has 0 bridgehead atoms. The second kappa shape index (κ2) is 10.3. The van der Waals surface area contributed by atoms with E-state index in [1.54, 1.807) is 6.07 Å². The van der Waals surface area contributed by atoms with Gasteiger partial charge in [-0.3, -0.25) is 9.69 Å². The van der Waals surface area contributed by atoms with Gasteiger partial charge in [-0.05, 0) is 39.6 Å². The van der Waals surface area contributed by atoms with Crippen LogP contribution in [0.2, 0.25) is 0 Å². The minimum atomic E-state index is -0.932. The highest BCUT2D eigenvalue weighted by molar-refractivity contribution is 6.00. The number of nitriles is 1. The average Bonchev–Trinajstić information content (AvgIpc) is 2.87. The van der Waals surface area contributed by atoms with Gasteiger partial charge in [0.2, 0.25) is 5.91 Å². The fourth-order valence-electron chi connectivity index (χ4n) is 4.06. The van der Waals surface area contributed by atoms with Crippen LogP contribution in [0.5, 0.6) is 0 Å². The fraction of sp³-hybridized carbons (Fsp3) is 0.107. The molecular formula is C28H24N4O2. The fourth-order valence-corrected chi connectivity index (χ4v) is 4.06. The van der Waals surface area contributed by atoms with Crippen LogP contribution in [0.25, 0.3) is 21.9 Å². The molecule has 34 heavy (non-hydrogen) atoms. The summed E-state index contributed by atoms with van der Waals surface area (Å²) in [4.78, 5) is 27.1. The summed E-state index contributed by atoms with van der Waals surface area (Å²) in [5, 5.41) is 13.7. The van der Waals surface area contributed by atoms with Gasteiger partial charge in [-0.2, -0.15) is 5.26 Å². The van der Waals surface area contributed by atoms with E-state index < -0.39 is 18.0 Å². The highest BCUT2D eigenvalue weighted by atomic mass is 16.2. The molecule has 3 N–H and O–H groups in total. The summed E-state index contributed by atoms with van der Waals surface area (Å²) in [5.41, 5.74) is 9.07. The lowest BCUT2D eigenvalue weighted by molar-refractivity contribution is -0.122. The van der Waals surface area contributed by atoms with Gasteiger partial charge in [-0.25, -0.2) is 4.79 Å². The number of rotatable bonds is 7. The van der Waals surface area contributed by atoms with E-state index in [0.717, 1.165) is 27.5 Å². The summed E-state index contributed by atoms with van der Waals surface area (Å²) < 4.78 is 0. The van der Waals surface area contributed by atoms with Crippen LogP contribution in [0.15, 0.2) is 97.1 Å². The number of carbonyl (C=O) groups excluding carboxylic acids is 2. The summed E-state index contributed by atoms with van der Waals surface area (Å²) in [5.74, 6) is -0.446. The first kappa shape index (κ1) is 22.6. The zero-order chi connectivity index (χ0) is 23.9. The summed E-state index contributed by atoms with van der Waals surface area (Å²) in [7, 11) is 0. The number of amides is 3. The first-order valence-corrected chi connectivity index (χ1v) is 10.9. The van der Waals surface area contributed by atoms with Crippen molar-refractivity contribution in [3.05, 3.63) is 103 Å². The molecule has 4 aromatic carbocycles. The van der Waals surface area contributed by atoms with E-state index in [1.807, 2.05) is 97.1 Å². The van der Waals surface area contributed by atoms with Crippen molar-refractivity contribution in [1.29, 1.82) is 5.26 Å². The van der Waals surface area contributed by atoms with Gasteiger partial charge in [0, 0.05) is 12.1 Å². The van der Waals surface area contributed by atoms with Crippen LogP contribution in [0.4, 0.5) is 10.5 Å². The number of primary amides is 1. The van der Waals surface area contributed by atoms with Crippen LogP contribution in [-0.4, -0.2) is 24.5 Å². The van der Waals surface area contributed by atoms with Crippen LogP contribution in [0.3, 0.4) is 0 Å². The molecular weight excluding hydrogens is 424 g/mol. The van der Waals surface area contributed by atoms with Crippen LogP contribution >= 0.6 is 0 Å². The average molecular weight is 449 g/mol. The Kier molecular flexibility index (Phi) is 6.85. The predicted octanol–water partition coefficient (Wildman–Crippen LogP) is 4.64. The molecule has 0 aliphatic rings. The largest absolute Gasteiger partial charge is 0.351 e. The summed E-state index contributed by atoms with van der Waals surface area (Å²) >= 11 is 0. The molecule has 0 heterocycles. The molecule has 0 aromatic heterocycles. The summed E-state index contributed by atoms with van der Waals surface area (Å²) in [6.07, 6.45) is 0.237. The Labute approximate surface area is 198 Å². The lowest BCUT2D eigenvalue weighted by atomic mass is 9.99. The Balaban J connectivity index is 1.74. The lowest BCUT2D eigenvalue weighted by Crippen LogP contribution is -2.53. The molecule has 0 fully saturated rings. The number of carbonyl (C=O) groups is 2. The number of fused-ring (bicyclic) bond motifs is 1. The van der Waals surface area contributed by atoms with Crippen molar-refractivity contribution in [2.75, 3.05) is 11.4 Å². The number of nitrogens with one attached hydrogen (secondary N) is 1. The van der Waals surface area contributed by atoms with Crippen LogP contribution < -0.4 is 16.0 Å². The van der Waals surface area contributed by atoms with E-state index in [4.69, 9.17) is 11.0 Å². The summed E-state index contributed by atoms with van der Waals surface area (Å²) in [6, 6.07) is 31.2. The minimum absolute atomic E-state index is 0.163. The van der Waals surface area contributed by atoms with E-state index in [1.165, 1.54) is 4.90 Å². The zero-order valence-corrected chi connectivity index (χ0v) is 18.5. The Morgan fingerprint density at radius 3 is 2.29 bits per heavy atom. The van der Waals surface area contributed by atoms with E-state index >= 15 is 0 Å². The van der Waals surface area contributed by atoms with Crippen molar-refractivity contribution in [3.63, 3.8) is 0 Å². The van der Waals surface area contributed by atoms with Crippen molar-refractivity contribution in [1.82, 2.24) is 5.32 Å². The number of anilines is 1. The van der Waals surface area contributed by atoms with Crippen LogP contribution in [0.1, 0.15) is 5.56 Å². The Bertz CT molecular complexity index is 1360. The Morgan fingerprint density at radius 1 is 0.853 bits per heavy atom. The molecule has 168 valence electrons. The standard InChI is InChI=1S/C28H24N4O2/c29-15-16-31-27(33)26(18-20-13-14-22-9-4-5-10-23(22)17-20)32(28(30)34)25-12-6-11-24(19-25)21-7-2-1-3-8-21/h1-14,17,19,26H,16,18H2,(H2,30,34)(H,31,33). The van der Waals surface area contributed by atoms with Gasteiger partial charge in [-0.15, -0.1) is 0 Å². The Morgan fingerprint density at radius 2 is 1.56 bits per heavy atom. The molecule has 6 nitrogen and oxygen atoms in total. The van der Waals surface area contributed by atoms with Gasteiger partial charge < -0.3 is 11.1 Å². The van der Waals surface area contributed by atoms with Gasteiger partial charge in [0.15, 0.2) is 0 Å². The number of nitrogens with two attached hydrogens (primary N) is 1. The maximum atomic E-state index is 13.1. The number of hydrogen-bond donors (Lipinski definition) is 2. The molecule has 1 unspecified atom stereocenters. The van der Waals surface area contributed by atoms with Crippen molar-refractivity contribution < 1.29 is 9.59 Å². The normalized spacial score (nSPS) is 11.4. The van der Waals surface area contributed by atoms with Gasteiger partial charge in [-0.1, -0.05) is 84.9 Å². The van der Waals surface area contributed by atoms with Gasteiger partial charge in [0.05, 0.1) is 6.07 Å². The first-order valence-electron chi connectivity index (χ1n) is 10.9. The van der Waals surface area contributed by atoms with Crippen molar-refractivity contribution >= 4 is 28.4 Å². The lowest BCUT2D eigenvalue weighted by Gasteiger charge is -2.30. The number of nitrogens with zero attached hydrogens (tertiary/aromatic N) is 2. The third-order valence-electron chi connectivity index (χ3n) is 5.67. The quantitative estimate of drug-likeness (QED) is 0.403. The second-order valence-electron chi connectivity index (χ2n) is 7.90. The smallest absolute Gasteiger partial charge is 0.320 e. The summed E-state index contributed by atoms with van der Waals surface area (Å²) in [6.45, 7) is -0.163. The molecule has 1 atom stereocenters. The molecule has 0 aliphatic heterocycles.